The zero-order valence-electron chi connectivity index (χ0n) is 16.2. The second-order valence-corrected chi connectivity index (χ2v) is 8.56. The molecule has 0 aromatic heterocycles. The van der Waals surface area contributed by atoms with Crippen molar-refractivity contribution in [1.29, 1.82) is 0 Å². The minimum atomic E-state index is -3.77. The number of hydrogen-bond acceptors (Lipinski definition) is 5. The van der Waals surface area contributed by atoms with E-state index in [0.717, 1.165) is 36.2 Å². The minimum absolute atomic E-state index is 0.128. The van der Waals surface area contributed by atoms with Crippen LogP contribution in [-0.2, 0) is 19.6 Å². The lowest BCUT2D eigenvalue weighted by molar-refractivity contribution is -0.133. The molecule has 8 heteroatoms. The first kappa shape index (κ1) is 21.2. The van der Waals surface area contributed by atoms with Crippen LogP contribution >= 0.6 is 0 Å². The van der Waals surface area contributed by atoms with E-state index in [9.17, 15) is 18.0 Å². The van der Waals surface area contributed by atoms with E-state index in [1.807, 2.05) is 6.92 Å². The zero-order valence-corrected chi connectivity index (χ0v) is 17.0. The number of likely N-dealkylation sites (tertiary alicyclic amines) is 1. The van der Waals surface area contributed by atoms with Crippen LogP contribution in [0.15, 0.2) is 24.3 Å². The molecule has 27 heavy (non-hydrogen) atoms. The van der Waals surface area contributed by atoms with Crippen LogP contribution in [0.2, 0.25) is 0 Å². The predicted octanol–water partition coefficient (Wildman–Crippen LogP) is 2.42. The summed E-state index contributed by atoms with van der Waals surface area (Å²) in [6.07, 6.45) is 4.80. The Morgan fingerprint density at radius 3 is 2.56 bits per heavy atom. The number of piperidine rings is 1. The number of para-hydroxylation sites is 1. The highest BCUT2D eigenvalue weighted by atomic mass is 32.2. The maximum absolute atomic E-state index is 12.9. The lowest BCUT2D eigenvalue weighted by Crippen LogP contribution is -2.49. The number of sulfonamides is 1. The number of esters is 1. The molecule has 0 radical (unpaired) electrons. The van der Waals surface area contributed by atoms with Crippen LogP contribution in [-0.4, -0.2) is 57.2 Å². The van der Waals surface area contributed by atoms with Gasteiger partial charge in [-0.05, 0) is 44.7 Å². The van der Waals surface area contributed by atoms with Gasteiger partial charge in [0.15, 0.2) is 0 Å². The Kier molecular flexibility index (Phi) is 7.24. The van der Waals surface area contributed by atoms with Gasteiger partial charge in [-0.25, -0.2) is 13.2 Å². The molecule has 150 valence electrons. The minimum Gasteiger partial charge on any atom is -0.462 e. The van der Waals surface area contributed by atoms with Crippen molar-refractivity contribution >= 4 is 27.6 Å². The van der Waals surface area contributed by atoms with Crippen LogP contribution < -0.4 is 4.31 Å². The van der Waals surface area contributed by atoms with Crippen molar-refractivity contribution in [2.45, 2.75) is 45.6 Å². The first-order valence-electron chi connectivity index (χ1n) is 9.32. The number of benzene rings is 1. The summed E-state index contributed by atoms with van der Waals surface area (Å²) >= 11 is 0. The first-order valence-corrected chi connectivity index (χ1v) is 11.2. The van der Waals surface area contributed by atoms with Crippen molar-refractivity contribution in [2.75, 3.05) is 30.3 Å². The van der Waals surface area contributed by atoms with E-state index >= 15 is 0 Å². The van der Waals surface area contributed by atoms with Gasteiger partial charge in [-0.3, -0.25) is 9.10 Å². The van der Waals surface area contributed by atoms with Gasteiger partial charge in [-0.15, -0.1) is 0 Å². The van der Waals surface area contributed by atoms with Gasteiger partial charge in [0, 0.05) is 12.6 Å². The quantitative estimate of drug-likeness (QED) is 0.661. The summed E-state index contributed by atoms with van der Waals surface area (Å²) in [4.78, 5) is 26.9. The summed E-state index contributed by atoms with van der Waals surface area (Å²) in [6, 6.07) is 6.43. The Bertz CT molecular complexity index is 778. The van der Waals surface area contributed by atoms with Gasteiger partial charge in [-0.1, -0.05) is 19.1 Å². The number of amides is 1. The average molecular weight is 397 g/mol. The third kappa shape index (κ3) is 5.22. The van der Waals surface area contributed by atoms with Crippen LogP contribution in [0.5, 0.6) is 0 Å². The summed E-state index contributed by atoms with van der Waals surface area (Å²) in [5.74, 6) is -0.857. The number of anilines is 1. The summed E-state index contributed by atoms with van der Waals surface area (Å²) in [5, 5.41) is 0. The molecule has 1 aliphatic heterocycles. The van der Waals surface area contributed by atoms with Gasteiger partial charge in [0.1, 0.15) is 6.54 Å². The van der Waals surface area contributed by atoms with Crippen molar-refractivity contribution in [2.24, 2.45) is 0 Å². The molecule has 1 aromatic rings. The second-order valence-electron chi connectivity index (χ2n) is 6.65. The van der Waals surface area contributed by atoms with Gasteiger partial charge in [0.05, 0.1) is 24.1 Å². The van der Waals surface area contributed by atoms with E-state index in [1.54, 1.807) is 24.0 Å². The second kappa shape index (κ2) is 9.21. The van der Waals surface area contributed by atoms with Crippen molar-refractivity contribution in [3.63, 3.8) is 0 Å². The number of carbonyl (C=O) groups excluding carboxylic acids is 2. The highest BCUT2D eigenvalue weighted by molar-refractivity contribution is 7.92. The monoisotopic (exact) mass is 396 g/mol. The number of hydrogen-bond donors (Lipinski definition) is 0. The fraction of sp³-hybridized carbons (Fsp3) is 0.579. The maximum Gasteiger partial charge on any atom is 0.340 e. The molecule has 0 saturated carbocycles. The molecule has 0 bridgehead atoms. The highest BCUT2D eigenvalue weighted by Crippen LogP contribution is 2.25. The van der Waals surface area contributed by atoms with Crippen LogP contribution in [0.25, 0.3) is 0 Å². The zero-order chi connectivity index (χ0) is 20.0. The number of rotatable bonds is 7. The average Bonchev–Trinajstić information content (AvgIpc) is 2.65. The molecule has 0 spiro atoms. The Labute approximate surface area is 161 Å². The topological polar surface area (TPSA) is 84.0 Å². The van der Waals surface area contributed by atoms with E-state index in [4.69, 9.17) is 4.74 Å². The van der Waals surface area contributed by atoms with Crippen molar-refractivity contribution in [1.82, 2.24) is 4.90 Å². The molecule has 2 rings (SSSR count). The van der Waals surface area contributed by atoms with Crippen LogP contribution in [0.1, 0.15) is 49.9 Å². The van der Waals surface area contributed by atoms with Crippen molar-refractivity contribution < 1.29 is 22.7 Å². The third-order valence-electron chi connectivity index (χ3n) is 4.77. The largest absolute Gasteiger partial charge is 0.462 e. The number of ether oxygens (including phenoxy) is 1. The molecule has 1 saturated heterocycles. The summed E-state index contributed by atoms with van der Waals surface area (Å²) in [6.45, 7) is 4.19. The first-order chi connectivity index (χ1) is 12.8. The fourth-order valence-electron chi connectivity index (χ4n) is 3.42. The Balaban J connectivity index is 2.35. The fourth-order valence-corrected chi connectivity index (χ4v) is 4.28. The lowest BCUT2D eigenvalue weighted by atomic mass is 10.00. The SMILES string of the molecule is CCOC(=O)c1ccccc1N(CC(=O)N1CCCCC1CC)S(C)(=O)=O. The molecule has 1 fully saturated rings. The van der Waals surface area contributed by atoms with Crippen molar-refractivity contribution in [3.8, 4) is 0 Å². The number of carbonyl (C=O) groups is 2. The molecule has 1 aromatic carbocycles. The molecule has 0 N–H and O–H groups in total. The highest BCUT2D eigenvalue weighted by Gasteiger charge is 2.31. The molecule has 7 nitrogen and oxygen atoms in total. The molecule has 1 aliphatic rings. The molecule has 1 atom stereocenters. The Hall–Kier alpha value is -2.09. The van der Waals surface area contributed by atoms with Crippen LogP contribution in [0, 0.1) is 0 Å². The standard InChI is InChI=1S/C19H28N2O5S/c1-4-15-10-8-9-13-20(15)18(22)14-21(27(3,24)25)17-12-7-6-11-16(17)19(23)26-5-2/h6-7,11-12,15H,4-5,8-10,13-14H2,1-3H3. The molecule has 1 amide bonds. The van der Waals surface area contributed by atoms with E-state index in [-0.39, 0.29) is 36.4 Å². The lowest BCUT2D eigenvalue weighted by Gasteiger charge is -2.36. The van der Waals surface area contributed by atoms with E-state index in [1.165, 1.54) is 12.1 Å². The Morgan fingerprint density at radius 2 is 1.93 bits per heavy atom. The van der Waals surface area contributed by atoms with Crippen LogP contribution in [0.4, 0.5) is 5.69 Å². The van der Waals surface area contributed by atoms with E-state index in [2.05, 4.69) is 0 Å². The van der Waals surface area contributed by atoms with Gasteiger partial charge < -0.3 is 9.64 Å². The van der Waals surface area contributed by atoms with Gasteiger partial charge in [0.2, 0.25) is 15.9 Å². The van der Waals surface area contributed by atoms with Gasteiger partial charge in [-0.2, -0.15) is 0 Å². The summed E-state index contributed by atoms with van der Waals surface area (Å²) in [7, 11) is -3.77. The number of nitrogens with zero attached hydrogens (tertiary/aromatic N) is 2. The predicted molar refractivity (Wildman–Crippen MR) is 104 cm³/mol. The molecular formula is C19H28N2O5S. The Morgan fingerprint density at radius 1 is 1.22 bits per heavy atom. The summed E-state index contributed by atoms with van der Waals surface area (Å²) < 4.78 is 30.9. The van der Waals surface area contributed by atoms with E-state index < -0.39 is 16.0 Å². The van der Waals surface area contributed by atoms with Gasteiger partial charge >= 0.3 is 5.97 Å². The molecular weight excluding hydrogens is 368 g/mol. The third-order valence-corrected chi connectivity index (χ3v) is 5.89. The normalized spacial score (nSPS) is 17.4. The van der Waals surface area contributed by atoms with Gasteiger partial charge in [0.25, 0.3) is 0 Å². The molecule has 1 unspecified atom stereocenters. The summed E-state index contributed by atoms with van der Waals surface area (Å²) in [5.41, 5.74) is 0.292. The molecule has 0 aliphatic carbocycles. The maximum atomic E-state index is 12.9. The van der Waals surface area contributed by atoms with Crippen LogP contribution in [0.3, 0.4) is 0 Å². The van der Waals surface area contributed by atoms with E-state index in [0.29, 0.717) is 6.54 Å². The smallest absolute Gasteiger partial charge is 0.340 e. The molecule has 1 heterocycles. The van der Waals surface area contributed by atoms with Crippen molar-refractivity contribution in [3.05, 3.63) is 29.8 Å².